The van der Waals surface area contributed by atoms with Crippen LogP contribution >= 0.6 is 11.6 Å². The molecule has 2 aromatic rings. The van der Waals surface area contributed by atoms with Gasteiger partial charge in [0.15, 0.2) is 0 Å². The number of hydrogen-bond acceptors (Lipinski definition) is 4. The Morgan fingerprint density at radius 2 is 2.04 bits per heavy atom. The Bertz CT molecular complexity index is 693. The summed E-state index contributed by atoms with van der Waals surface area (Å²) < 4.78 is 1.57. The average molecular weight is 334 g/mol. The van der Waals surface area contributed by atoms with Crippen LogP contribution in [-0.2, 0) is 16.9 Å². The van der Waals surface area contributed by atoms with Crippen LogP contribution in [0.5, 0.6) is 0 Å². The molecule has 0 aliphatic heterocycles. The number of benzene rings is 1. The maximum Gasteiger partial charge on any atom is 0.144 e. The first kappa shape index (κ1) is 16.1. The highest BCUT2D eigenvalue weighted by atomic mass is 35.5. The van der Waals surface area contributed by atoms with Gasteiger partial charge in [-0.3, -0.25) is 4.79 Å². The van der Waals surface area contributed by atoms with E-state index >= 15 is 0 Å². The van der Waals surface area contributed by atoms with Crippen LogP contribution in [0.15, 0.2) is 36.9 Å². The van der Waals surface area contributed by atoms with Crippen molar-refractivity contribution >= 4 is 17.4 Å². The summed E-state index contributed by atoms with van der Waals surface area (Å²) in [6.45, 7) is 3.94. The molecule has 122 valence electrons. The van der Waals surface area contributed by atoms with Gasteiger partial charge in [0.25, 0.3) is 0 Å². The predicted octanol–water partition coefficient (Wildman–Crippen LogP) is 2.82. The van der Waals surface area contributed by atoms with Crippen LogP contribution in [0.2, 0.25) is 5.02 Å². The van der Waals surface area contributed by atoms with Gasteiger partial charge in [0.05, 0.1) is 12.0 Å². The fourth-order valence-corrected chi connectivity index (χ4v) is 3.46. The van der Waals surface area contributed by atoms with E-state index in [1.165, 1.54) is 6.33 Å². The van der Waals surface area contributed by atoms with E-state index in [9.17, 15) is 9.90 Å². The van der Waals surface area contributed by atoms with Crippen molar-refractivity contribution in [2.24, 2.45) is 11.3 Å². The molecule has 1 unspecified atom stereocenters. The van der Waals surface area contributed by atoms with Crippen LogP contribution in [0.1, 0.15) is 32.3 Å². The number of halogens is 1. The van der Waals surface area contributed by atoms with Gasteiger partial charge in [-0.25, -0.2) is 9.67 Å². The fraction of sp³-hybridized carbons (Fsp3) is 0.471. The Labute approximate surface area is 140 Å². The zero-order chi connectivity index (χ0) is 16.7. The molecule has 1 aromatic carbocycles. The highest BCUT2D eigenvalue weighted by molar-refractivity contribution is 6.30. The van der Waals surface area contributed by atoms with E-state index in [-0.39, 0.29) is 18.2 Å². The molecule has 5 nitrogen and oxygen atoms in total. The van der Waals surface area contributed by atoms with Crippen LogP contribution in [-0.4, -0.2) is 25.7 Å². The first-order chi connectivity index (χ1) is 10.9. The van der Waals surface area contributed by atoms with Crippen LogP contribution in [0.3, 0.4) is 0 Å². The van der Waals surface area contributed by atoms with Crippen LogP contribution in [0.25, 0.3) is 0 Å². The third-order valence-corrected chi connectivity index (χ3v) is 4.97. The molecule has 1 aliphatic rings. The Kier molecular flexibility index (Phi) is 4.02. The van der Waals surface area contributed by atoms with Gasteiger partial charge in [0, 0.05) is 10.9 Å². The fourth-order valence-electron chi connectivity index (χ4n) is 3.33. The molecule has 1 aliphatic carbocycles. The molecule has 6 heteroatoms. The van der Waals surface area contributed by atoms with Gasteiger partial charge in [-0.2, -0.15) is 5.10 Å². The molecule has 0 amide bonds. The topological polar surface area (TPSA) is 68.0 Å². The normalized spacial score (nSPS) is 18.7. The summed E-state index contributed by atoms with van der Waals surface area (Å²) in [6, 6.07) is 7.04. The van der Waals surface area contributed by atoms with E-state index in [2.05, 4.69) is 10.1 Å². The van der Waals surface area contributed by atoms with Gasteiger partial charge in [0.2, 0.25) is 0 Å². The molecule has 3 rings (SSSR count). The highest BCUT2D eigenvalue weighted by Gasteiger charge is 2.64. The number of hydrogen-bond donors (Lipinski definition) is 1. The summed E-state index contributed by atoms with van der Waals surface area (Å²) in [7, 11) is 0. The Morgan fingerprint density at radius 1 is 1.39 bits per heavy atom. The molecule has 1 N–H and O–H groups in total. The lowest BCUT2D eigenvalue weighted by molar-refractivity contribution is -0.142. The number of carbonyl (C=O) groups is 1. The lowest BCUT2D eigenvalue weighted by Crippen LogP contribution is -2.46. The molecule has 0 saturated heterocycles. The minimum Gasteiger partial charge on any atom is -0.382 e. The molecule has 1 fully saturated rings. The molecule has 1 atom stereocenters. The smallest absolute Gasteiger partial charge is 0.144 e. The third-order valence-electron chi connectivity index (χ3n) is 4.72. The number of Topliss-reactive ketones (excluding diaryl/α,β-unsaturated/α-hetero) is 1. The number of rotatable bonds is 6. The van der Waals surface area contributed by atoms with Gasteiger partial charge in [-0.1, -0.05) is 37.6 Å². The van der Waals surface area contributed by atoms with E-state index in [1.54, 1.807) is 35.3 Å². The van der Waals surface area contributed by atoms with E-state index in [1.807, 2.05) is 13.8 Å². The van der Waals surface area contributed by atoms with Crippen molar-refractivity contribution in [3.05, 3.63) is 47.5 Å². The summed E-state index contributed by atoms with van der Waals surface area (Å²) in [5.41, 5.74) is -1.41. The van der Waals surface area contributed by atoms with E-state index < -0.39 is 11.0 Å². The quantitative estimate of drug-likeness (QED) is 0.882. The SMILES string of the molecule is CC(C)C(=O)C1(C(O)(Cn2cncn2)c2ccc(Cl)cc2)CC1. The van der Waals surface area contributed by atoms with Crippen LogP contribution < -0.4 is 0 Å². The zero-order valence-electron chi connectivity index (χ0n) is 13.2. The van der Waals surface area contributed by atoms with Gasteiger partial charge in [0.1, 0.15) is 24.0 Å². The lowest BCUT2D eigenvalue weighted by Gasteiger charge is -2.37. The van der Waals surface area contributed by atoms with Crippen molar-refractivity contribution in [1.82, 2.24) is 14.8 Å². The minimum atomic E-state index is -1.33. The molecule has 0 spiro atoms. The van der Waals surface area contributed by atoms with E-state index in [0.717, 1.165) is 0 Å². The Morgan fingerprint density at radius 3 is 2.52 bits per heavy atom. The number of aliphatic hydroxyl groups is 1. The zero-order valence-corrected chi connectivity index (χ0v) is 14.0. The van der Waals surface area contributed by atoms with Crippen molar-refractivity contribution in [2.45, 2.75) is 38.8 Å². The standard InChI is InChI=1S/C17H20ClN3O2/c1-12(2)15(22)16(7-8-16)17(23,9-21-11-19-10-20-21)13-3-5-14(18)6-4-13/h3-6,10-12,23H,7-9H2,1-2H3. The summed E-state index contributed by atoms with van der Waals surface area (Å²) >= 11 is 5.97. The van der Waals surface area contributed by atoms with Crippen molar-refractivity contribution in [1.29, 1.82) is 0 Å². The van der Waals surface area contributed by atoms with Gasteiger partial charge < -0.3 is 5.11 Å². The maximum atomic E-state index is 12.8. The first-order valence-corrected chi connectivity index (χ1v) is 8.12. The largest absolute Gasteiger partial charge is 0.382 e. The Hall–Kier alpha value is -1.72. The van der Waals surface area contributed by atoms with Crippen molar-refractivity contribution in [3.8, 4) is 0 Å². The molecule has 1 saturated carbocycles. The predicted molar refractivity (Wildman–Crippen MR) is 86.9 cm³/mol. The molecule has 23 heavy (non-hydrogen) atoms. The minimum absolute atomic E-state index is 0.0927. The summed E-state index contributed by atoms with van der Waals surface area (Å²) in [5.74, 6) is -0.0397. The second kappa shape index (κ2) is 5.73. The number of carbonyl (C=O) groups excluding carboxylic acids is 1. The first-order valence-electron chi connectivity index (χ1n) is 7.74. The van der Waals surface area contributed by atoms with Crippen molar-refractivity contribution in [3.63, 3.8) is 0 Å². The maximum absolute atomic E-state index is 12.8. The van der Waals surface area contributed by atoms with Crippen LogP contribution in [0.4, 0.5) is 0 Å². The summed E-state index contributed by atoms with van der Waals surface area (Å²) in [6.07, 6.45) is 4.33. The summed E-state index contributed by atoms with van der Waals surface area (Å²) in [4.78, 5) is 16.7. The summed E-state index contributed by atoms with van der Waals surface area (Å²) in [5, 5.41) is 16.3. The number of nitrogens with zero attached hydrogens (tertiary/aromatic N) is 3. The third kappa shape index (κ3) is 2.68. The molecule has 1 aromatic heterocycles. The van der Waals surface area contributed by atoms with Gasteiger partial charge >= 0.3 is 0 Å². The van der Waals surface area contributed by atoms with Crippen molar-refractivity contribution in [2.75, 3.05) is 0 Å². The number of aromatic nitrogens is 3. The van der Waals surface area contributed by atoms with Gasteiger partial charge in [-0.15, -0.1) is 0 Å². The number of ketones is 1. The van der Waals surface area contributed by atoms with Gasteiger partial charge in [-0.05, 0) is 30.5 Å². The van der Waals surface area contributed by atoms with Crippen LogP contribution in [0, 0.1) is 11.3 Å². The Balaban J connectivity index is 2.06. The molecule has 0 bridgehead atoms. The highest BCUT2D eigenvalue weighted by Crippen LogP contribution is 2.60. The van der Waals surface area contributed by atoms with Crippen molar-refractivity contribution < 1.29 is 9.90 Å². The molecule has 1 heterocycles. The second-order valence-electron chi connectivity index (χ2n) is 6.56. The lowest BCUT2D eigenvalue weighted by atomic mass is 9.73. The average Bonchev–Trinajstić information content (AvgIpc) is 3.19. The van der Waals surface area contributed by atoms with E-state index in [4.69, 9.17) is 11.6 Å². The molecule has 0 radical (unpaired) electrons. The monoisotopic (exact) mass is 333 g/mol. The molecular weight excluding hydrogens is 314 g/mol. The second-order valence-corrected chi connectivity index (χ2v) is 7.00. The van der Waals surface area contributed by atoms with E-state index in [0.29, 0.717) is 23.4 Å². The molecular formula is C17H20ClN3O2.